The fraction of sp³-hybridized carbons (Fsp3) is 0.650. The molecule has 1 aliphatic rings. The molecule has 0 saturated carbocycles. The highest BCUT2D eigenvalue weighted by Gasteiger charge is 2.23. The van der Waals surface area contributed by atoms with Crippen LogP contribution in [-0.4, -0.2) is 50.1 Å². The van der Waals surface area contributed by atoms with Crippen LogP contribution in [0.2, 0.25) is 5.02 Å². The minimum absolute atomic E-state index is 0. The van der Waals surface area contributed by atoms with Crippen LogP contribution in [0.15, 0.2) is 29.3 Å². The van der Waals surface area contributed by atoms with E-state index in [1.807, 2.05) is 25.2 Å². The Hall–Kier alpha value is -0.530. The first-order valence-electron chi connectivity index (χ1n) is 9.40. The average Bonchev–Trinajstić information content (AvgIpc) is 2.60. The highest BCUT2D eigenvalue weighted by atomic mass is 127. The van der Waals surface area contributed by atoms with E-state index in [9.17, 15) is 0 Å². The van der Waals surface area contributed by atoms with Gasteiger partial charge in [0.25, 0.3) is 0 Å². The highest BCUT2D eigenvalue weighted by molar-refractivity contribution is 14.0. The lowest BCUT2D eigenvalue weighted by atomic mass is 9.84. The standard InChI is InChI=1S/C20H33ClN4.HI/c1-5-11-25-12-9-18(10-13-25)24-19(22-4)23-15-20(2,3)16-7-6-8-17(21)14-16;/h6-8,14,18H,5,9-13,15H2,1-4H3,(H2,22,23,24);1H. The first-order valence-corrected chi connectivity index (χ1v) is 9.78. The number of hydrogen-bond donors (Lipinski definition) is 2. The quantitative estimate of drug-likeness (QED) is 0.354. The molecular weight excluding hydrogens is 459 g/mol. The Morgan fingerprint density at radius 2 is 2.00 bits per heavy atom. The lowest BCUT2D eigenvalue weighted by Crippen LogP contribution is -2.50. The van der Waals surface area contributed by atoms with Gasteiger partial charge in [0.05, 0.1) is 0 Å². The molecule has 0 aliphatic carbocycles. The number of benzene rings is 1. The van der Waals surface area contributed by atoms with Crippen molar-refractivity contribution in [2.45, 2.75) is 51.5 Å². The Balaban J connectivity index is 0.00000338. The molecule has 2 N–H and O–H groups in total. The summed E-state index contributed by atoms with van der Waals surface area (Å²) in [6.07, 6.45) is 3.59. The van der Waals surface area contributed by atoms with E-state index in [0.29, 0.717) is 6.04 Å². The van der Waals surface area contributed by atoms with Crippen molar-refractivity contribution < 1.29 is 0 Å². The van der Waals surface area contributed by atoms with Crippen LogP contribution >= 0.6 is 35.6 Å². The monoisotopic (exact) mass is 492 g/mol. The maximum absolute atomic E-state index is 6.14. The second kappa shape index (κ2) is 11.3. The summed E-state index contributed by atoms with van der Waals surface area (Å²) in [4.78, 5) is 6.96. The first-order chi connectivity index (χ1) is 11.9. The van der Waals surface area contributed by atoms with Crippen LogP contribution in [0.1, 0.15) is 45.6 Å². The van der Waals surface area contributed by atoms with Crippen molar-refractivity contribution in [2.24, 2.45) is 4.99 Å². The number of likely N-dealkylation sites (tertiary alicyclic amines) is 1. The maximum Gasteiger partial charge on any atom is 0.191 e. The molecule has 1 saturated heterocycles. The van der Waals surface area contributed by atoms with E-state index in [2.05, 4.69) is 47.4 Å². The largest absolute Gasteiger partial charge is 0.356 e. The van der Waals surface area contributed by atoms with Crippen LogP contribution in [0.5, 0.6) is 0 Å². The molecule has 0 atom stereocenters. The van der Waals surface area contributed by atoms with Crippen molar-refractivity contribution in [3.05, 3.63) is 34.9 Å². The minimum atomic E-state index is -0.0208. The summed E-state index contributed by atoms with van der Waals surface area (Å²) in [5.74, 6) is 0.893. The SMILES string of the molecule is CCCN1CCC(NC(=NC)NCC(C)(C)c2cccc(Cl)c2)CC1.I. The topological polar surface area (TPSA) is 39.7 Å². The van der Waals surface area contributed by atoms with Gasteiger partial charge >= 0.3 is 0 Å². The summed E-state index contributed by atoms with van der Waals surface area (Å²) in [5.41, 5.74) is 1.21. The number of nitrogens with zero attached hydrogens (tertiary/aromatic N) is 2. The van der Waals surface area contributed by atoms with Gasteiger partial charge < -0.3 is 15.5 Å². The van der Waals surface area contributed by atoms with Gasteiger partial charge in [0.2, 0.25) is 0 Å². The summed E-state index contributed by atoms with van der Waals surface area (Å²) in [5, 5.41) is 7.87. The van der Waals surface area contributed by atoms with Crippen molar-refractivity contribution in [2.75, 3.05) is 33.2 Å². The zero-order valence-corrected chi connectivity index (χ0v) is 19.6. The molecule has 26 heavy (non-hydrogen) atoms. The number of aliphatic imine (C=N–C) groups is 1. The summed E-state index contributed by atoms with van der Waals surface area (Å²) < 4.78 is 0. The second-order valence-electron chi connectivity index (χ2n) is 7.58. The molecule has 6 heteroatoms. The maximum atomic E-state index is 6.14. The van der Waals surface area contributed by atoms with E-state index in [4.69, 9.17) is 11.6 Å². The lowest BCUT2D eigenvalue weighted by molar-refractivity contribution is 0.206. The van der Waals surface area contributed by atoms with E-state index < -0.39 is 0 Å². The van der Waals surface area contributed by atoms with Gasteiger partial charge in [-0.25, -0.2) is 0 Å². The molecule has 4 nitrogen and oxygen atoms in total. The highest BCUT2D eigenvalue weighted by Crippen LogP contribution is 2.24. The fourth-order valence-corrected chi connectivity index (χ4v) is 3.51. The Bertz CT molecular complexity index is 569. The van der Waals surface area contributed by atoms with Gasteiger partial charge in [-0.2, -0.15) is 0 Å². The molecule has 0 amide bonds. The van der Waals surface area contributed by atoms with Crippen molar-refractivity contribution >= 4 is 41.5 Å². The smallest absolute Gasteiger partial charge is 0.191 e. The predicted molar refractivity (Wildman–Crippen MR) is 124 cm³/mol. The van der Waals surface area contributed by atoms with E-state index in [0.717, 1.165) is 17.5 Å². The normalized spacial score (nSPS) is 16.9. The van der Waals surface area contributed by atoms with Crippen LogP contribution in [0.3, 0.4) is 0 Å². The predicted octanol–water partition coefficient (Wildman–Crippen LogP) is 4.28. The molecule has 1 aromatic rings. The summed E-state index contributed by atoms with van der Waals surface area (Å²) in [7, 11) is 1.84. The van der Waals surface area contributed by atoms with Gasteiger partial charge in [0, 0.05) is 43.2 Å². The van der Waals surface area contributed by atoms with Crippen molar-refractivity contribution in [3.8, 4) is 0 Å². The molecule has 1 aliphatic heterocycles. The Morgan fingerprint density at radius 3 is 2.58 bits per heavy atom. The van der Waals surface area contributed by atoms with Crippen molar-refractivity contribution in [3.63, 3.8) is 0 Å². The fourth-order valence-electron chi connectivity index (χ4n) is 3.32. The molecule has 1 aromatic carbocycles. The third-order valence-corrected chi connectivity index (χ3v) is 5.23. The molecule has 0 spiro atoms. The number of halogens is 2. The Kier molecular flexibility index (Phi) is 10.3. The van der Waals surface area contributed by atoms with Gasteiger partial charge in [-0.15, -0.1) is 24.0 Å². The average molecular weight is 493 g/mol. The zero-order chi connectivity index (χ0) is 18.3. The molecule has 148 valence electrons. The second-order valence-corrected chi connectivity index (χ2v) is 8.02. The van der Waals surface area contributed by atoms with E-state index in [-0.39, 0.29) is 29.4 Å². The molecule has 0 aromatic heterocycles. The van der Waals surface area contributed by atoms with E-state index >= 15 is 0 Å². The van der Waals surface area contributed by atoms with Crippen LogP contribution in [0, 0.1) is 0 Å². The third-order valence-electron chi connectivity index (χ3n) is 5.00. The first kappa shape index (κ1) is 23.5. The molecule has 1 fully saturated rings. The molecule has 0 unspecified atom stereocenters. The third kappa shape index (κ3) is 7.24. The van der Waals surface area contributed by atoms with Gasteiger partial charge in [0.15, 0.2) is 5.96 Å². The summed E-state index contributed by atoms with van der Waals surface area (Å²) in [6.45, 7) is 11.1. The molecule has 1 heterocycles. The van der Waals surface area contributed by atoms with Crippen molar-refractivity contribution in [1.29, 1.82) is 0 Å². The van der Waals surface area contributed by atoms with Gasteiger partial charge in [-0.05, 0) is 43.5 Å². The molecule has 2 rings (SSSR count). The minimum Gasteiger partial charge on any atom is -0.356 e. The van der Waals surface area contributed by atoms with Crippen LogP contribution in [0.25, 0.3) is 0 Å². The lowest BCUT2D eigenvalue weighted by Gasteiger charge is -2.33. The summed E-state index contributed by atoms with van der Waals surface area (Å²) in [6, 6.07) is 8.61. The van der Waals surface area contributed by atoms with Crippen LogP contribution in [-0.2, 0) is 5.41 Å². The molecule has 0 bridgehead atoms. The Labute approximate surface area is 181 Å². The zero-order valence-electron chi connectivity index (χ0n) is 16.5. The van der Waals surface area contributed by atoms with Gasteiger partial charge in [0.1, 0.15) is 0 Å². The van der Waals surface area contributed by atoms with E-state index in [1.165, 1.54) is 44.5 Å². The van der Waals surface area contributed by atoms with Crippen molar-refractivity contribution in [1.82, 2.24) is 15.5 Å². The molecular formula is C20H34ClIN4. The number of piperidine rings is 1. The molecule has 0 radical (unpaired) electrons. The van der Waals surface area contributed by atoms with Crippen LogP contribution < -0.4 is 10.6 Å². The number of hydrogen-bond acceptors (Lipinski definition) is 2. The Morgan fingerprint density at radius 1 is 1.31 bits per heavy atom. The number of nitrogens with one attached hydrogen (secondary N) is 2. The number of rotatable bonds is 6. The van der Waals surface area contributed by atoms with Crippen LogP contribution in [0.4, 0.5) is 0 Å². The van der Waals surface area contributed by atoms with Gasteiger partial charge in [-0.1, -0.05) is 44.5 Å². The van der Waals surface area contributed by atoms with Gasteiger partial charge in [-0.3, -0.25) is 4.99 Å². The number of guanidine groups is 1. The van der Waals surface area contributed by atoms with E-state index in [1.54, 1.807) is 0 Å². The summed E-state index contributed by atoms with van der Waals surface area (Å²) >= 11 is 6.14.